The Balaban J connectivity index is 2.69. The molecule has 0 atom stereocenters. The van der Waals surface area contributed by atoms with Gasteiger partial charge in [-0.2, -0.15) is 0 Å². The first kappa shape index (κ1) is 13.4. The summed E-state index contributed by atoms with van der Waals surface area (Å²) in [6.07, 6.45) is 5.31. The van der Waals surface area contributed by atoms with E-state index >= 15 is 0 Å². The van der Waals surface area contributed by atoms with Crippen molar-refractivity contribution in [1.82, 2.24) is 0 Å². The summed E-state index contributed by atoms with van der Waals surface area (Å²) in [6.45, 7) is 0. The summed E-state index contributed by atoms with van der Waals surface area (Å²) in [7, 11) is 0. The summed E-state index contributed by atoms with van der Waals surface area (Å²) in [4.78, 5) is 22.3. The average molecular weight is 266 g/mol. The fourth-order valence-corrected chi connectivity index (χ4v) is 1.88. The van der Waals surface area contributed by atoms with E-state index in [-0.39, 0.29) is 11.1 Å². The fraction of sp³-hybridized carbons (Fsp3) is 0. The second kappa shape index (κ2) is 5.29. The van der Waals surface area contributed by atoms with Gasteiger partial charge in [-0.1, -0.05) is 18.1 Å². The summed E-state index contributed by atoms with van der Waals surface area (Å²) in [5, 5.41) is 18.2. The van der Waals surface area contributed by atoms with Crippen LogP contribution in [0.2, 0.25) is 0 Å². The van der Waals surface area contributed by atoms with E-state index in [4.69, 9.17) is 11.5 Å². The minimum absolute atomic E-state index is 0.0242. The molecule has 0 heterocycles. The maximum Gasteiger partial charge on any atom is 0.336 e. The molecule has 2 rings (SSSR count). The first-order valence-electron chi connectivity index (χ1n) is 5.70. The average Bonchev–Trinajstić information content (AvgIpc) is 2.46. The van der Waals surface area contributed by atoms with Crippen molar-refractivity contribution in [2.45, 2.75) is 0 Å². The van der Waals surface area contributed by atoms with Crippen molar-refractivity contribution in [2.75, 3.05) is 0 Å². The normalized spacial score (nSPS) is 9.75. The van der Waals surface area contributed by atoms with Crippen LogP contribution in [0.4, 0.5) is 0 Å². The van der Waals surface area contributed by atoms with Crippen molar-refractivity contribution in [1.29, 1.82) is 0 Å². The molecule has 2 N–H and O–H groups in total. The molecule has 4 nitrogen and oxygen atoms in total. The van der Waals surface area contributed by atoms with E-state index in [0.29, 0.717) is 16.7 Å². The minimum Gasteiger partial charge on any atom is -0.478 e. The van der Waals surface area contributed by atoms with Crippen LogP contribution >= 0.6 is 0 Å². The van der Waals surface area contributed by atoms with Crippen molar-refractivity contribution in [2.24, 2.45) is 0 Å². The molecule has 20 heavy (non-hydrogen) atoms. The largest absolute Gasteiger partial charge is 0.478 e. The Morgan fingerprint density at radius 3 is 2.35 bits per heavy atom. The number of aromatic carboxylic acids is 2. The molecule has 0 spiro atoms. The number of terminal acetylenes is 1. The quantitative estimate of drug-likeness (QED) is 0.838. The van der Waals surface area contributed by atoms with E-state index in [1.54, 1.807) is 24.3 Å². The summed E-state index contributed by atoms with van der Waals surface area (Å²) in [5.74, 6) is 0.223. The van der Waals surface area contributed by atoms with Crippen molar-refractivity contribution in [3.8, 4) is 23.5 Å². The van der Waals surface area contributed by atoms with Crippen LogP contribution < -0.4 is 0 Å². The number of rotatable bonds is 3. The summed E-state index contributed by atoms with van der Waals surface area (Å²) in [6, 6.07) is 10.6. The zero-order valence-electron chi connectivity index (χ0n) is 10.3. The molecule has 0 unspecified atom stereocenters. The van der Waals surface area contributed by atoms with Crippen molar-refractivity contribution >= 4 is 11.9 Å². The predicted molar refractivity (Wildman–Crippen MR) is 73.7 cm³/mol. The van der Waals surface area contributed by atoms with Crippen LogP contribution in [0.25, 0.3) is 11.1 Å². The summed E-state index contributed by atoms with van der Waals surface area (Å²) >= 11 is 0. The molecule has 0 bridgehead atoms. The third-order valence-corrected chi connectivity index (χ3v) is 2.84. The third-order valence-electron chi connectivity index (χ3n) is 2.84. The maximum absolute atomic E-state index is 11.2. The minimum atomic E-state index is -1.12. The highest BCUT2D eigenvalue weighted by molar-refractivity contribution is 5.99. The molecule has 0 aliphatic rings. The molecule has 0 saturated carbocycles. The summed E-state index contributed by atoms with van der Waals surface area (Å²) < 4.78 is 0. The van der Waals surface area contributed by atoms with Gasteiger partial charge in [0.25, 0.3) is 0 Å². The molecular formula is C16H10O4. The van der Waals surface area contributed by atoms with Crippen LogP contribution in [-0.2, 0) is 0 Å². The van der Waals surface area contributed by atoms with Gasteiger partial charge in [0.05, 0.1) is 11.1 Å². The van der Waals surface area contributed by atoms with Gasteiger partial charge in [0.2, 0.25) is 0 Å². The van der Waals surface area contributed by atoms with Crippen molar-refractivity contribution < 1.29 is 19.8 Å². The molecule has 0 amide bonds. The Morgan fingerprint density at radius 2 is 1.75 bits per heavy atom. The van der Waals surface area contributed by atoms with Crippen LogP contribution in [0.15, 0.2) is 42.5 Å². The second-order valence-corrected chi connectivity index (χ2v) is 4.10. The van der Waals surface area contributed by atoms with E-state index in [9.17, 15) is 14.7 Å². The summed E-state index contributed by atoms with van der Waals surface area (Å²) in [5.41, 5.74) is 1.55. The van der Waals surface area contributed by atoms with Crippen LogP contribution in [0.5, 0.6) is 0 Å². The lowest BCUT2D eigenvalue weighted by molar-refractivity contribution is 0.0682. The molecule has 0 aromatic heterocycles. The van der Waals surface area contributed by atoms with Crippen LogP contribution in [-0.4, -0.2) is 22.2 Å². The Morgan fingerprint density at radius 1 is 1.00 bits per heavy atom. The Hall–Kier alpha value is -3.06. The lowest BCUT2D eigenvalue weighted by Gasteiger charge is -2.08. The highest BCUT2D eigenvalue weighted by Gasteiger charge is 2.15. The Bertz CT molecular complexity index is 738. The van der Waals surface area contributed by atoms with Gasteiger partial charge in [-0.05, 0) is 41.5 Å². The van der Waals surface area contributed by atoms with Gasteiger partial charge in [-0.25, -0.2) is 9.59 Å². The third kappa shape index (κ3) is 2.52. The van der Waals surface area contributed by atoms with Gasteiger partial charge in [0.15, 0.2) is 0 Å². The van der Waals surface area contributed by atoms with Crippen LogP contribution in [0.3, 0.4) is 0 Å². The zero-order valence-corrected chi connectivity index (χ0v) is 10.3. The highest BCUT2D eigenvalue weighted by atomic mass is 16.4. The van der Waals surface area contributed by atoms with Crippen molar-refractivity contribution in [3.63, 3.8) is 0 Å². The number of carboxylic acids is 2. The monoisotopic (exact) mass is 266 g/mol. The lowest BCUT2D eigenvalue weighted by Crippen LogP contribution is -2.03. The zero-order chi connectivity index (χ0) is 14.7. The first-order chi connectivity index (χ1) is 9.52. The molecule has 0 saturated heterocycles. The molecule has 4 heteroatoms. The van der Waals surface area contributed by atoms with Gasteiger partial charge in [0, 0.05) is 5.56 Å². The molecule has 0 fully saturated rings. The molecule has 0 aliphatic carbocycles. The van der Waals surface area contributed by atoms with Gasteiger partial charge in [-0.15, -0.1) is 6.42 Å². The van der Waals surface area contributed by atoms with Gasteiger partial charge < -0.3 is 10.2 Å². The number of hydrogen-bond acceptors (Lipinski definition) is 2. The standard InChI is InChI=1S/C16H10O4/c1-2-10-4-3-5-11(8-10)14-9-12(15(17)18)6-7-13(14)16(19)20/h1,3-9H,(H,17,18)(H,19,20). The van der Waals surface area contributed by atoms with Gasteiger partial charge >= 0.3 is 11.9 Å². The number of benzene rings is 2. The smallest absolute Gasteiger partial charge is 0.336 e. The maximum atomic E-state index is 11.2. The SMILES string of the molecule is C#Cc1cccc(-c2cc(C(=O)O)ccc2C(=O)O)c1. The molecule has 98 valence electrons. The first-order valence-corrected chi connectivity index (χ1v) is 5.70. The molecule has 0 radical (unpaired) electrons. The molecule has 2 aromatic carbocycles. The Kier molecular flexibility index (Phi) is 3.54. The van der Waals surface area contributed by atoms with E-state index < -0.39 is 11.9 Å². The van der Waals surface area contributed by atoms with E-state index in [1.807, 2.05) is 0 Å². The van der Waals surface area contributed by atoms with Crippen molar-refractivity contribution in [3.05, 3.63) is 59.2 Å². The molecule has 0 aliphatic heterocycles. The Labute approximate surface area is 115 Å². The number of hydrogen-bond donors (Lipinski definition) is 2. The molecular weight excluding hydrogens is 256 g/mol. The van der Waals surface area contributed by atoms with E-state index in [0.717, 1.165) is 0 Å². The highest BCUT2D eigenvalue weighted by Crippen LogP contribution is 2.26. The second-order valence-electron chi connectivity index (χ2n) is 4.10. The number of carboxylic acid groups (broad SMARTS) is 2. The van der Waals surface area contributed by atoms with E-state index in [1.165, 1.54) is 18.2 Å². The predicted octanol–water partition coefficient (Wildman–Crippen LogP) is 2.73. The van der Waals surface area contributed by atoms with Gasteiger partial charge in [0.1, 0.15) is 0 Å². The molecule has 2 aromatic rings. The van der Waals surface area contributed by atoms with E-state index in [2.05, 4.69) is 5.92 Å². The van der Waals surface area contributed by atoms with Crippen LogP contribution in [0.1, 0.15) is 26.3 Å². The van der Waals surface area contributed by atoms with Crippen LogP contribution in [0, 0.1) is 12.3 Å². The number of carbonyl (C=O) groups is 2. The topological polar surface area (TPSA) is 74.6 Å². The van der Waals surface area contributed by atoms with Gasteiger partial charge in [-0.3, -0.25) is 0 Å². The fourth-order valence-electron chi connectivity index (χ4n) is 1.88. The lowest BCUT2D eigenvalue weighted by atomic mass is 9.96.